The number of nitrogens with one attached hydrogen (secondary N) is 3. The molecule has 2 aromatic carbocycles. The van der Waals surface area contributed by atoms with E-state index in [0.29, 0.717) is 28.4 Å². The van der Waals surface area contributed by atoms with E-state index in [4.69, 9.17) is 11.6 Å². The number of rotatable bonds is 6. The summed E-state index contributed by atoms with van der Waals surface area (Å²) in [5.74, 6) is -1.14. The Hall–Kier alpha value is -3.65. The Labute approximate surface area is 196 Å². The van der Waals surface area contributed by atoms with E-state index in [0.717, 1.165) is 19.5 Å². The number of carbonyl (C=O) groups excluding carboxylic acids is 2. The van der Waals surface area contributed by atoms with Gasteiger partial charge in [-0.25, -0.2) is 9.18 Å². The molecule has 0 spiro atoms. The van der Waals surface area contributed by atoms with Gasteiger partial charge in [-0.1, -0.05) is 48.0 Å². The largest absolute Gasteiger partial charge is 0.322 e. The average molecular weight is 468 g/mol. The monoisotopic (exact) mass is 467 g/mol. The number of amides is 3. The molecule has 1 saturated heterocycles. The van der Waals surface area contributed by atoms with Gasteiger partial charge in [0, 0.05) is 30.2 Å². The Morgan fingerprint density at radius 2 is 1.76 bits per heavy atom. The first-order valence-corrected chi connectivity index (χ1v) is 10.9. The Kier molecular flexibility index (Phi) is 7.04. The van der Waals surface area contributed by atoms with E-state index in [1.54, 1.807) is 60.7 Å². The number of benzene rings is 2. The lowest BCUT2D eigenvalue weighted by molar-refractivity contribution is -0.122. The molecular formula is C24H23ClFN5O2. The van der Waals surface area contributed by atoms with Crippen LogP contribution in [0.5, 0.6) is 0 Å². The molecule has 0 radical (unpaired) electrons. The summed E-state index contributed by atoms with van der Waals surface area (Å²) in [6, 6.07) is 13.7. The molecule has 0 saturated carbocycles. The number of urea groups is 1. The van der Waals surface area contributed by atoms with Gasteiger partial charge in [-0.15, -0.1) is 0 Å². The van der Waals surface area contributed by atoms with Crippen molar-refractivity contribution in [2.24, 2.45) is 5.10 Å². The van der Waals surface area contributed by atoms with Gasteiger partial charge in [-0.05, 0) is 42.3 Å². The van der Waals surface area contributed by atoms with E-state index in [2.05, 4.69) is 21.1 Å². The van der Waals surface area contributed by atoms with E-state index in [1.807, 2.05) is 5.01 Å². The second-order valence-corrected chi connectivity index (χ2v) is 8.09. The van der Waals surface area contributed by atoms with Crippen LogP contribution in [-0.4, -0.2) is 35.7 Å². The number of allylic oxidation sites excluding steroid dienone is 3. The summed E-state index contributed by atoms with van der Waals surface area (Å²) >= 11 is 5.87. The topological polar surface area (TPSA) is 85.8 Å². The second-order valence-electron chi connectivity index (χ2n) is 7.65. The highest BCUT2D eigenvalue weighted by molar-refractivity contribution is 6.30. The molecule has 1 heterocycles. The summed E-state index contributed by atoms with van der Waals surface area (Å²) in [4.78, 5) is 25.6. The van der Waals surface area contributed by atoms with Gasteiger partial charge in [0.05, 0.1) is 11.4 Å². The minimum Gasteiger partial charge on any atom is -0.322 e. The maximum Gasteiger partial charge on any atom is 0.320 e. The molecule has 0 bridgehead atoms. The maximum atomic E-state index is 14.6. The van der Waals surface area contributed by atoms with Gasteiger partial charge in [0.15, 0.2) is 0 Å². The van der Waals surface area contributed by atoms with Crippen LogP contribution in [0.1, 0.15) is 24.4 Å². The number of hydrogen-bond donors (Lipinski definition) is 3. The van der Waals surface area contributed by atoms with Crippen LogP contribution in [-0.2, 0) is 4.79 Å². The fourth-order valence-electron chi connectivity index (χ4n) is 3.33. The lowest BCUT2D eigenvalue weighted by Crippen LogP contribution is -2.42. The molecule has 3 amide bonds. The van der Waals surface area contributed by atoms with Crippen molar-refractivity contribution in [1.29, 1.82) is 0 Å². The lowest BCUT2D eigenvalue weighted by Gasteiger charge is -2.28. The fourth-order valence-corrected chi connectivity index (χ4v) is 3.46. The van der Waals surface area contributed by atoms with Crippen molar-refractivity contribution >= 4 is 34.9 Å². The Balaban J connectivity index is 1.45. The lowest BCUT2D eigenvalue weighted by atomic mass is 10.0. The smallest absolute Gasteiger partial charge is 0.320 e. The minimum atomic E-state index is -1.04. The van der Waals surface area contributed by atoms with Crippen molar-refractivity contribution < 1.29 is 14.0 Å². The van der Waals surface area contributed by atoms with Crippen LogP contribution in [0.25, 0.3) is 0 Å². The third-order valence-corrected chi connectivity index (χ3v) is 5.45. The first-order chi connectivity index (χ1) is 16.0. The van der Waals surface area contributed by atoms with Crippen molar-refractivity contribution in [3.63, 3.8) is 0 Å². The van der Waals surface area contributed by atoms with Crippen LogP contribution in [0.3, 0.4) is 0 Å². The maximum absolute atomic E-state index is 14.6. The number of nitrogens with zero attached hydrogens (tertiary/aromatic N) is 2. The van der Waals surface area contributed by atoms with Gasteiger partial charge in [0.1, 0.15) is 11.9 Å². The minimum absolute atomic E-state index is 0.0587. The Morgan fingerprint density at radius 1 is 1.03 bits per heavy atom. The molecule has 9 heteroatoms. The number of hydrazone groups is 1. The van der Waals surface area contributed by atoms with Gasteiger partial charge >= 0.3 is 6.03 Å². The molecule has 0 aromatic heterocycles. The molecule has 1 unspecified atom stereocenters. The third kappa shape index (κ3) is 5.98. The summed E-state index contributed by atoms with van der Waals surface area (Å²) < 4.78 is 14.6. The first-order valence-electron chi connectivity index (χ1n) is 10.6. The predicted octanol–water partition coefficient (Wildman–Crippen LogP) is 4.52. The van der Waals surface area contributed by atoms with Gasteiger partial charge < -0.3 is 16.0 Å². The zero-order valence-corrected chi connectivity index (χ0v) is 18.5. The van der Waals surface area contributed by atoms with Crippen LogP contribution in [0, 0.1) is 0 Å². The number of anilines is 1. The van der Waals surface area contributed by atoms with Crippen molar-refractivity contribution in [2.45, 2.75) is 18.9 Å². The van der Waals surface area contributed by atoms with E-state index in [9.17, 15) is 14.0 Å². The number of hydrogen-bond acceptors (Lipinski definition) is 4. The number of halogens is 2. The average Bonchev–Trinajstić information content (AvgIpc) is 2.78. The first kappa shape index (κ1) is 22.5. The third-order valence-electron chi connectivity index (χ3n) is 5.20. The van der Waals surface area contributed by atoms with Gasteiger partial charge in [0.25, 0.3) is 5.91 Å². The molecule has 170 valence electrons. The van der Waals surface area contributed by atoms with Crippen LogP contribution in [0.15, 0.2) is 83.4 Å². The molecular weight excluding hydrogens is 445 g/mol. The summed E-state index contributed by atoms with van der Waals surface area (Å²) in [6.45, 7) is 1.74. The molecule has 2 aromatic rings. The molecule has 1 aliphatic carbocycles. The molecule has 3 N–H and O–H groups in total. The van der Waals surface area contributed by atoms with Crippen LogP contribution < -0.4 is 16.0 Å². The summed E-state index contributed by atoms with van der Waals surface area (Å²) in [5, 5.41) is 14.7. The SMILES string of the molecule is O=C(Nc1ccc(Cl)cc1)NC(C(=O)NC1=CCC(=NN2CCC2)C=C1F)c1ccccc1. The Morgan fingerprint density at radius 3 is 2.39 bits per heavy atom. The molecule has 2 aliphatic rings. The standard InChI is InChI=1S/C24H23ClFN5O2/c25-17-7-9-18(10-8-17)27-24(33)29-22(16-5-2-1-3-6-16)23(32)28-21-12-11-19(15-20(21)26)30-31-13-4-14-31/h1-3,5-10,12,15,22H,4,11,13-14H2,(H,28,32)(H2,27,29,33). The fraction of sp³-hybridized carbons (Fsp3) is 0.208. The normalized spacial score (nSPS) is 17.4. The van der Waals surface area contributed by atoms with Crippen molar-refractivity contribution in [3.05, 3.63) is 88.9 Å². The molecule has 7 nitrogen and oxygen atoms in total. The van der Waals surface area contributed by atoms with E-state index in [1.165, 1.54) is 6.08 Å². The van der Waals surface area contributed by atoms with Crippen LogP contribution in [0.2, 0.25) is 5.02 Å². The van der Waals surface area contributed by atoms with Gasteiger partial charge in [-0.3, -0.25) is 9.80 Å². The number of carbonyl (C=O) groups is 2. The summed E-state index contributed by atoms with van der Waals surface area (Å²) in [5.41, 5.74) is 1.73. The molecule has 1 aliphatic heterocycles. The molecule has 1 fully saturated rings. The van der Waals surface area contributed by atoms with Crippen LogP contribution >= 0.6 is 11.6 Å². The highest BCUT2D eigenvalue weighted by atomic mass is 35.5. The molecule has 33 heavy (non-hydrogen) atoms. The van der Waals surface area contributed by atoms with Crippen molar-refractivity contribution in [1.82, 2.24) is 15.6 Å². The summed E-state index contributed by atoms with van der Waals surface area (Å²) in [7, 11) is 0. The zero-order valence-electron chi connectivity index (χ0n) is 17.7. The Bertz CT molecular complexity index is 1110. The highest BCUT2D eigenvalue weighted by Crippen LogP contribution is 2.21. The molecule has 4 rings (SSSR count). The molecule has 1 atom stereocenters. The quantitative estimate of drug-likeness (QED) is 0.583. The van der Waals surface area contributed by atoms with E-state index >= 15 is 0 Å². The van der Waals surface area contributed by atoms with Gasteiger partial charge in [-0.2, -0.15) is 5.10 Å². The highest BCUT2D eigenvalue weighted by Gasteiger charge is 2.25. The zero-order chi connectivity index (χ0) is 23.2. The van der Waals surface area contributed by atoms with E-state index < -0.39 is 23.8 Å². The second kappa shape index (κ2) is 10.3. The summed E-state index contributed by atoms with van der Waals surface area (Å²) in [6.07, 6.45) is 4.40. The van der Waals surface area contributed by atoms with E-state index in [-0.39, 0.29) is 5.70 Å². The van der Waals surface area contributed by atoms with Gasteiger partial charge in [0.2, 0.25) is 0 Å². The van der Waals surface area contributed by atoms with Crippen LogP contribution in [0.4, 0.5) is 14.9 Å². The van der Waals surface area contributed by atoms with Crippen molar-refractivity contribution in [3.8, 4) is 0 Å². The predicted molar refractivity (Wildman–Crippen MR) is 126 cm³/mol. The van der Waals surface area contributed by atoms with Crippen molar-refractivity contribution in [2.75, 3.05) is 18.4 Å².